The molecule has 0 aliphatic carbocycles. The smallest absolute Gasteiger partial charge is 0.326 e. The summed E-state index contributed by atoms with van der Waals surface area (Å²) in [5, 5.41) is 0. The van der Waals surface area contributed by atoms with E-state index < -0.39 is 30.0 Å². The SMILES string of the molecule is O=C(CN1C(=O)C(=O)c2ccccc21)OCc1ccccc1F. The van der Waals surface area contributed by atoms with Crippen LogP contribution >= 0.6 is 0 Å². The van der Waals surface area contributed by atoms with Crippen molar-refractivity contribution in [1.29, 1.82) is 0 Å². The van der Waals surface area contributed by atoms with E-state index >= 15 is 0 Å². The molecule has 0 unspecified atom stereocenters. The third-order valence-electron chi connectivity index (χ3n) is 3.51. The molecular formula is C17H12FNO4. The highest BCUT2D eigenvalue weighted by molar-refractivity contribution is 6.52. The summed E-state index contributed by atoms with van der Waals surface area (Å²) in [4.78, 5) is 36.7. The van der Waals surface area contributed by atoms with Crippen molar-refractivity contribution < 1.29 is 23.5 Å². The Morgan fingerprint density at radius 1 is 1.04 bits per heavy atom. The first-order chi connectivity index (χ1) is 11.1. The molecule has 0 aromatic heterocycles. The fourth-order valence-electron chi connectivity index (χ4n) is 2.35. The third-order valence-corrected chi connectivity index (χ3v) is 3.51. The van der Waals surface area contributed by atoms with E-state index in [9.17, 15) is 18.8 Å². The van der Waals surface area contributed by atoms with E-state index in [4.69, 9.17) is 4.74 Å². The molecule has 0 atom stereocenters. The van der Waals surface area contributed by atoms with Crippen LogP contribution in [0.1, 0.15) is 15.9 Å². The highest BCUT2D eigenvalue weighted by atomic mass is 19.1. The van der Waals surface area contributed by atoms with E-state index in [0.29, 0.717) is 5.69 Å². The second-order valence-corrected chi connectivity index (χ2v) is 4.99. The number of esters is 1. The number of ether oxygens (including phenoxy) is 1. The summed E-state index contributed by atoms with van der Waals surface area (Å²) in [7, 11) is 0. The van der Waals surface area contributed by atoms with Gasteiger partial charge in [-0.1, -0.05) is 30.3 Å². The molecule has 0 saturated carbocycles. The topological polar surface area (TPSA) is 63.7 Å². The van der Waals surface area contributed by atoms with Crippen LogP contribution in [0, 0.1) is 5.82 Å². The number of rotatable bonds is 4. The first-order valence-corrected chi connectivity index (χ1v) is 6.92. The standard InChI is InChI=1S/C17H12FNO4/c18-13-7-3-1-5-11(13)10-23-15(20)9-19-14-8-4-2-6-12(14)16(21)17(19)22/h1-8H,9-10H2. The molecule has 23 heavy (non-hydrogen) atoms. The molecule has 6 heteroatoms. The summed E-state index contributed by atoms with van der Waals surface area (Å²) >= 11 is 0. The molecular weight excluding hydrogens is 301 g/mol. The van der Waals surface area contributed by atoms with Crippen LogP contribution in [0.4, 0.5) is 10.1 Å². The van der Waals surface area contributed by atoms with Crippen molar-refractivity contribution in [3.05, 3.63) is 65.5 Å². The maximum atomic E-state index is 13.5. The van der Waals surface area contributed by atoms with Crippen LogP contribution in [0.25, 0.3) is 0 Å². The molecule has 1 aliphatic rings. The fourth-order valence-corrected chi connectivity index (χ4v) is 2.35. The molecule has 1 aliphatic heterocycles. The molecule has 0 spiro atoms. The van der Waals surface area contributed by atoms with Crippen molar-refractivity contribution in [1.82, 2.24) is 0 Å². The van der Waals surface area contributed by atoms with Gasteiger partial charge in [-0.05, 0) is 18.2 Å². The molecule has 2 aromatic carbocycles. The van der Waals surface area contributed by atoms with Crippen LogP contribution in [0.15, 0.2) is 48.5 Å². The summed E-state index contributed by atoms with van der Waals surface area (Å²) in [5.74, 6) is -2.61. The lowest BCUT2D eigenvalue weighted by Crippen LogP contribution is -2.35. The molecule has 0 bridgehead atoms. The molecule has 2 aromatic rings. The fraction of sp³-hybridized carbons (Fsp3) is 0.118. The number of ketones is 1. The number of benzene rings is 2. The average Bonchev–Trinajstić information content (AvgIpc) is 2.80. The quantitative estimate of drug-likeness (QED) is 0.640. The molecule has 0 N–H and O–H groups in total. The largest absolute Gasteiger partial charge is 0.459 e. The molecule has 0 saturated heterocycles. The number of nitrogens with zero attached hydrogens (tertiary/aromatic N) is 1. The van der Waals surface area contributed by atoms with Gasteiger partial charge in [0.15, 0.2) is 0 Å². The second kappa shape index (κ2) is 6.00. The molecule has 116 valence electrons. The van der Waals surface area contributed by atoms with Crippen molar-refractivity contribution in [2.75, 3.05) is 11.4 Å². The maximum Gasteiger partial charge on any atom is 0.326 e. The number of Topliss-reactive ketones (excluding diaryl/α,β-unsaturated/α-hetero) is 1. The van der Waals surface area contributed by atoms with Crippen molar-refractivity contribution in [3.8, 4) is 0 Å². The van der Waals surface area contributed by atoms with Crippen LogP contribution < -0.4 is 4.90 Å². The van der Waals surface area contributed by atoms with Gasteiger partial charge in [0.1, 0.15) is 19.0 Å². The number of fused-ring (bicyclic) bond motifs is 1. The van der Waals surface area contributed by atoms with E-state index in [1.165, 1.54) is 24.3 Å². The number of hydrogen-bond acceptors (Lipinski definition) is 4. The Balaban J connectivity index is 1.68. The van der Waals surface area contributed by atoms with Gasteiger partial charge >= 0.3 is 5.97 Å². The molecule has 1 amide bonds. The summed E-state index contributed by atoms with van der Waals surface area (Å²) in [6.45, 7) is -0.626. The zero-order chi connectivity index (χ0) is 16.4. The van der Waals surface area contributed by atoms with Crippen LogP contribution in [0.2, 0.25) is 0 Å². The van der Waals surface area contributed by atoms with Crippen molar-refractivity contribution >= 4 is 23.3 Å². The zero-order valence-corrected chi connectivity index (χ0v) is 12.0. The Kier molecular flexibility index (Phi) is 3.89. The van der Waals surface area contributed by atoms with Crippen LogP contribution in [-0.4, -0.2) is 24.2 Å². The van der Waals surface area contributed by atoms with Crippen LogP contribution in [0.5, 0.6) is 0 Å². The highest BCUT2D eigenvalue weighted by Crippen LogP contribution is 2.28. The predicted molar refractivity (Wildman–Crippen MR) is 79.3 cm³/mol. The summed E-state index contributed by atoms with van der Waals surface area (Å²) in [6.07, 6.45) is 0. The third kappa shape index (κ3) is 2.83. The Labute approximate surface area is 131 Å². The van der Waals surface area contributed by atoms with Crippen molar-refractivity contribution in [2.45, 2.75) is 6.61 Å². The zero-order valence-electron chi connectivity index (χ0n) is 12.0. The normalized spacial score (nSPS) is 13.2. The lowest BCUT2D eigenvalue weighted by Gasteiger charge is -2.15. The molecule has 5 nitrogen and oxygen atoms in total. The molecule has 3 rings (SSSR count). The molecule has 0 fully saturated rings. The maximum absolute atomic E-state index is 13.5. The van der Waals surface area contributed by atoms with Crippen LogP contribution in [0.3, 0.4) is 0 Å². The van der Waals surface area contributed by atoms with Crippen molar-refractivity contribution in [3.63, 3.8) is 0 Å². The summed E-state index contributed by atoms with van der Waals surface area (Å²) in [6, 6.07) is 12.4. The van der Waals surface area contributed by atoms with Gasteiger partial charge in [0, 0.05) is 5.56 Å². The number of carbonyl (C=O) groups is 3. The van der Waals surface area contributed by atoms with E-state index in [1.54, 1.807) is 24.3 Å². The Morgan fingerprint density at radius 3 is 2.52 bits per heavy atom. The van der Waals surface area contributed by atoms with Crippen molar-refractivity contribution in [2.24, 2.45) is 0 Å². The predicted octanol–water partition coefficient (Wildman–Crippen LogP) is 2.10. The Bertz CT molecular complexity index is 803. The number of carbonyl (C=O) groups excluding carboxylic acids is 3. The highest BCUT2D eigenvalue weighted by Gasteiger charge is 2.36. The first-order valence-electron chi connectivity index (χ1n) is 6.92. The number of para-hydroxylation sites is 1. The van der Waals surface area contributed by atoms with E-state index in [2.05, 4.69) is 0 Å². The minimum absolute atomic E-state index is 0.233. The monoisotopic (exact) mass is 313 g/mol. The number of hydrogen-bond donors (Lipinski definition) is 0. The van der Waals surface area contributed by atoms with Gasteiger partial charge < -0.3 is 4.74 Å². The average molecular weight is 313 g/mol. The van der Waals surface area contributed by atoms with Gasteiger partial charge in [-0.2, -0.15) is 0 Å². The van der Waals surface area contributed by atoms with Gasteiger partial charge in [-0.3, -0.25) is 19.3 Å². The minimum Gasteiger partial charge on any atom is -0.459 e. The summed E-state index contributed by atoms with van der Waals surface area (Å²) in [5.41, 5.74) is 0.884. The second-order valence-electron chi connectivity index (χ2n) is 4.99. The number of anilines is 1. The molecule has 1 heterocycles. The van der Waals surface area contributed by atoms with Gasteiger partial charge in [-0.15, -0.1) is 0 Å². The van der Waals surface area contributed by atoms with E-state index in [0.717, 1.165) is 4.90 Å². The van der Waals surface area contributed by atoms with Crippen LogP contribution in [-0.2, 0) is 20.9 Å². The number of amides is 1. The van der Waals surface area contributed by atoms with Gasteiger partial charge in [0.05, 0.1) is 11.3 Å². The first kappa shape index (κ1) is 14.9. The van der Waals surface area contributed by atoms with Gasteiger partial charge in [0.25, 0.3) is 11.7 Å². The van der Waals surface area contributed by atoms with Gasteiger partial charge in [0.2, 0.25) is 0 Å². The lowest BCUT2D eigenvalue weighted by atomic mass is 10.1. The van der Waals surface area contributed by atoms with Gasteiger partial charge in [-0.25, -0.2) is 4.39 Å². The van der Waals surface area contributed by atoms with E-state index in [1.807, 2.05) is 0 Å². The number of halogens is 1. The minimum atomic E-state index is -0.769. The Morgan fingerprint density at radius 2 is 1.74 bits per heavy atom. The Hall–Kier alpha value is -3.02. The molecule has 0 radical (unpaired) electrons. The summed E-state index contributed by atoms with van der Waals surface area (Å²) < 4.78 is 18.4. The van der Waals surface area contributed by atoms with E-state index in [-0.39, 0.29) is 17.7 Å². The lowest BCUT2D eigenvalue weighted by molar-refractivity contribution is -0.143.